The van der Waals surface area contributed by atoms with Crippen LogP contribution in [-0.4, -0.2) is 12.5 Å². The van der Waals surface area contributed by atoms with Crippen molar-refractivity contribution in [3.05, 3.63) is 34.9 Å². The first-order chi connectivity index (χ1) is 8.31. The zero-order valence-corrected chi connectivity index (χ0v) is 9.83. The van der Waals surface area contributed by atoms with Crippen molar-refractivity contribution in [2.24, 2.45) is 0 Å². The molecule has 0 radical (unpaired) electrons. The average Bonchev–Trinajstić information content (AvgIpc) is 2.81. The number of hydrogen-bond acceptors (Lipinski definition) is 2. The summed E-state index contributed by atoms with van der Waals surface area (Å²) in [6.45, 7) is 0.573. The van der Waals surface area contributed by atoms with Crippen LogP contribution < -0.4 is 5.32 Å². The Labute approximate surface area is 101 Å². The van der Waals surface area contributed by atoms with Gasteiger partial charge < -0.3 is 5.32 Å². The third-order valence-electron chi connectivity index (χ3n) is 3.11. The fourth-order valence-corrected chi connectivity index (χ4v) is 2.18. The maximum absolute atomic E-state index is 11.8. The quantitative estimate of drug-likeness (QED) is 0.803. The summed E-state index contributed by atoms with van der Waals surface area (Å²) in [5, 5.41) is 11.2. The van der Waals surface area contributed by atoms with Gasteiger partial charge in [0, 0.05) is 18.5 Å². The number of nitrogens with one attached hydrogen (secondary N) is 1. The van der Waals surface area contributed by atoms with E-state index in [1.54, 1.807) is 0 Å². The van der Waals surface area contributed by atoms with Crippen molar-refractivity contribution in [2.75, 3.05) is 6.54 Å². The van der Waals surface area contributed by atoms with Crippen molar-refractivity contribution < 1.29 is 4.79 Å². The summed E-state index contributed by atoms with van der Waals surface area (Å²) in [5.41, 5.74) is 3.43. The number of fused-ring (bicyclic) bond motifs is 1. The standard InChI is InChI=1S/C14H16N2O/c15-8-1-2-9-16-14(17)13-7-6-11-4-3-5-12(11)10-13/h6-7,10H,1-5,9H2,(H,16,17). The van der Waals surface area contributed by atoms with Crippen molar-refractivity contribution in [1.29, 1.82) is 5.26 Å². The van der Waals surface area contributed by atoms with Crippen LogP contribution in [0.5, 0.6) is 0 Å². The number of nitrogens with zero attached hydrogens (tertiary/aromatic N) is 1. The minimum absolute atomic E-state index is 0.0300. The number of aryl methyl sites for hydroxylation is 2. The number of carbonyl (C=O) groups is 1. The van der Waals surface area contributed by atoms with Crippen LogP contribution in [0.25, 0.3) is 0 Å². The number of rotatable bonds is 4. The lowest BCUT2D eigenvalue weighted by molar-refractivity contribution is 0.0953. The molecule has 1 amide bonds. The van der Waals surface area contributed by atoms with Gasteiger partial charge in [-0.1, -0.05) is 6.07 Å². The van der Waals surface area contributed by atoms with Gasteiger partial charge in [0.25, 0.3) is 5.91 Å². The molecule has 1 aromatic rings. The summed E-state index contributed by atoms with van der Waals surface area (Å²) in [5.74, 6) is -0.0300. The summed E-state index contributed by atoms with van der Waals surface area (Å²) in [4.78, 5) is 11.8. The number of nitriles is 1. The molecule has 1 aliphatic carbocycles. The van der Waals surface area contributed by atoms with E-state index in [0.717, 1.165) is 18.4 Å². The van der Waals surface area contributed by atoms with Crippen LogP contribution in [0.2, 0.25) is 0 Å². The van der Waals surface area contributed by atoms with Crippen LogP contribution in [-0.2, 0) is 12.8 Å². The summed E-state index contributed by atoms with van der Waals surface area (Å²) in [7, 11) is 0. The van der Waals surface area contributed by atoms with Crippen molar-refractivity contribution in [3.63, 3.8) is 0 Å². The zero-order chi connectivity index (χ0) is 12.1. The first-order valence-electron chi connectivity index (χ1n) is 6.08. The Hall–Kier alpha value is -1.82. The minimum Gasteiger partial charge on any atom is -0.352 e. The van der Waals surface area contributed by atoms with Gasteiger partial charge in [-0.3, -0.25) is 4.79 Å². The van der Waals surface area contributed by atoms with Gasteiger partial charge >= 0.3 is 0 Å². The predicted octanol–water partition coefficient (Wildman–Crippen LogP) is 2.21. The van der Waals surface area contributed by atoms with Gasteiger partial charge in [-0.15, -0.1) is 0 Å². The van der Waals surface area contributed by atoms with Crippen molar-refractivity contribution in [3.8, 4) is 6.07 Å². The molecule has 0 unspecified atom stereocenters. The second-order valence-electron chi connectivity index (χ2n) is 4.35. The molecular formula is C14H16N2O. The van der Waals surface area contributed by atoms with E-state index in [2.05, 4.69) is 17.5 Å². The van der Waals surface area contributed by atoms with Crippen LogP contribution in [0.1, 0.15) is 40.7 Å². The summed E-state index contributed by atoms with van der Waals surface area (Å²) in [6.07, 6.45) is 4.63. The number of unbranched alkanes of at least 4 members (excludes halogenated alkanes) is 1. The van der Waals surface area contributed by atoms with Gasteiger partial charge in [0.2, 0.25) is 0 Å². The van der Waals surface area contributed by atoms with E-state index in [-0.39, 0.29) is 5.91 Å². The van der Waals surface area contributed by atoms with Gasteiger partial charge in [-0.25, -0.2) is 0 Å². The monoisotopic (exact) mass is 228 g/mol. The van der Waals surface area contributed by atoms with E-state index in [1.165, 1.54) is 17.5 Å². The highest BCUT2D eigenvalue weighted by Crippen LogP contribution is 2.22. The highest BCUT2D eigenvalue weighted by molar-refractivity contribution is 5.94. The van der Waals surface area contributed by atoms with Crippen LogP contribution in [0.15, 0.2) is 18.2 Å². The molecule has 0 heterocycles. The number of carbonyl (C=O) groups excluding carboxylic acids is 1. The van der Waals surface area contributed by atoms with Gasteiger partial charge in [0.05, 0.1) is 6.07 Å². The van der Waals surface area contributed by atoms with Crippen LogP contribution in [0.3, 0.4) is 0 Å². The molecular weight excluding hydrogens is 212 g/mol. The largest absolute Gasteiger partial charge is 0.352 e. The smallest absolute Gasteiger partial charge is 0.251 e. The van der Waals surface area contributed by atoms with Gasteiger partial charge in [0.15, 0.2) is 0 Å². The number of hydrogen-bond donors (Lipinski definition) is 1. The lowest BCUT2D eigenvalue weighted by Gasteiger charge is -2.06. The second kappa shape index (κ2) is 5.49. The Morgan fingerprint density at radius 2 is 2.18 bits per heavy atom. The molecule has 0 fully saturated rings. The summed E-state index contributed by atoms with van der Waals surface area (Å²) < 4.78 is 0. The van der Waals surface area contributed by atoms with E-state index < -0.39 is 0 Å². The van der Waals surface area contributed by atoms with Gasteiger partial charge in [-0.05, 0) is 48.9 Å². The molecule has 0 aliphatic heterocycles. The molecule has 3 heteroatoms. The molecule has 17 heavy (non-hydrogen) atoms. The summed E-state index contributed by atoms with van der Waals surface area (Å²) >= 11 is 0. The third-order valence-corrected chi connectivity index (χ3v) is 3.11. The molecule has 1 aromatic carbocycles. The maximum Gasteiger partial charge on any atom is 0.251 e. The first kappa shape index (κ1) is 11.7. The molecule has 0 aromatic heterocycles. The molecule has 0 bridgehead atoms. The Balaban J connectivity index is 1.93. The molecule has 3 nitrogen and oxygen atoms in total. The average molecular weight is 228 g/mol. The number of benzene rings is 1. The minimum atomic E-state index is -0.0300. The van der Waals surface area contributed by atoms with E-state index in [0.29, 0.717) is 19.4 Å². The third kappa shape index (κ3) is 2.85. The van der Waals surface area contributed by atoms with Gasteiger partial charge in [0.1, 0.15) is 0 Å². The lowest BCUT2D eigenvalue weighted by Crippen LogP contribution is -2.24. The Morgan fingerprint density at radius 3 is 3.00 bits per heavy atom. The molecule has 2 rings (SSSR count). The van der Waals surface area contributed by atoms with E-state index >= 15 is 0 Å². The van der Waals surface area contributed by atoms with Crippen molar-refractivity contribution in [2.45, 2.75) is 32.1 Å². The van der Waals surface area contributed by atoms with E-state index in [9.17, 15) is 4.79 Å². The van der Waals surface area contributed by atoms with Crippen molar-refractivity contribution >= 4 is 5.91 Å². The Kier molecular flexibility index (Phi) is 3.77. The first-order valence-corrected chi connectivity index (χ1v) is 6.08. The van der Waals surface area contributed by atoms with E-state index in [4.69, 9.17) is 5.26 Å². The topological polar surface area (TPSA) is 52.9 Å². The Bertz CT molecular complexity index is 460. The van der Waals surface area contributed by atoms with Crippen LogP contribution >= 0.6 is 0 Å². The van der Waals surface area contributed by atoms with Gasteiger partial charge in [-0.2, -0.15) is 5.26 Å². The Morgan fingerprint density at radius 1 is 1.35 bits per heavy atom. The number of amides is 1. The molecule has 1 N–H and O–H groups in total. The fourth-order valence-electron chi connectivity index (χ4n) is 2.18. The molecule has 0 saturated carbocycles. The second-order valence-corrected chi connectivity index (χ2v) is 4.35. The zero-order valence-electron chi connectivity index (χ0n) is 9.83. The molecule has 0 atom stereocenters. The molecule has 0 spiro atoms. The van der Waals surface area contributed by atoms with Crippen molar-refractivity contribution in [1.82, 2.24) is 5.32 Å². The maximum atomic E-state index is 11.8. The van der Waals surface area contributed by atoms with E-state index in [1.807, 2.05) is 12.1 Å². The molecule has 88 valence electrons. The normalized spacial score (nSPS) is 12.9. The highest BCUT2D eigenvalue weighted by atomic mass is 16.1. The molecule has 1 aliphatic rings. The van der Waals surface area contributed by atoms with Crippen LogP contribution in [0, 0.1) is 11.3 Å². The van der Waals surface area contributed by atoms with Crippen LogP contribution in [0.4, 0.5) is 0 Å². The summed E-state index contributed by atoms with van der Waals surface area (Å²) in [6, 6.07) is 8.02. The predicted molar refractivity (Wildman–Crippen MR) is 65.6 cm³/mol. The fraction of sp³-hybridized carbons (Fsp3) is 0.429. The molecule has 0 saturated heterocycles. The SMILES string of the molecule is N#CCCCNC(=O)c1ccc2c(c1)CCC2. The highest BCUT2D eigenvalue weighted by Gasteiger charge is 2.13. The lowest BCUT2D eigenvalue weighted by atomic mass is 10.1.